The molecule has 0 aliphatic rings. The lowest BCUT2D eigenvalue weighted by Gasteiger charge is -2.16. The van der Waals surface area contributed by atoms with E-state index in [0.29, 0.717) is 29.6 Å². The minimum Gasteiger partial charge on any atom is -0.493 e. The zero-order chi connectivity index (χ0) is 22.2. The number of rotatable bonds is 12. The number of carbonyl (C=O) groups is 1. The van der Waals surface area contributed by atoms with E-state index in [9.17, 15) is 4.79 Å². The number of anilines is 2. The van der Waals surface area contributed by atoms with Crippen molar-refractivity contribution in [3.8, 4) is 11.5 Å². The van der Waals surface area contributed by atoms with Gasteiger partial charge in [0.15, 0.2) is 11.5 Å². The lowest BCUT2D eigenvalue weighted by Crippen LogP contribution is -2.21. The number of nitrogens with zero attached hydrogens (tertiary/aromatic N) is 5. The van der Waals surface area contributed by atoms with Crippen LogP contribution in [0.5, 0.6) is 11.5 Å². The third-order valence-corrected chi connectivity index (χ3v) is 4.68. The minimum atomic E-state index is -0.462. The van der Waals surface area contributed by atoms with E-state index in [1.807, 2.05) is 12.1 Å². The summed E-state index contributed by atoms with van der Waals surface area (Å²) < 4.78 is 13.0. The zero-order valence-corrected chi connectivity index (χ0v) is 18.2. The van der Waals surface area contributed by atoms with Crippen molar-refractivity contribution in [3.05, 3.63) is 30.9 Å². The molecule has 0 saturated heterocycles. The maximum atomic E-state index is 11.1. The van der Waals surface area contributed by atoms with Gasteiger partial charge < -0.3 is 25.4 Å². The average Bonchev–Trinajstić information content (AvgIpc) is 3.17. The van der Waals surface area contributed by atoms with E-state index in [0.717, 1.165) is 36.8 Å². The molecule has 10 nitrogen and oxygen atoms in total. The van der Waals surface area contributed by atoms with Crippen molar-refractivity contribution in [2.75, 3.05) is 39.2 Å². The number of amides is 1. The lowest BCUT2D eigenvalue weighted by atomic mass is 10.2. The predicted octanol–water partition coefficient (Wildman–Crippen LogP) is 2.17. The van der Waals surface area contributed by atoms with E-state index in [1.54, 1.807) is 19.5 Å². The van der Waals surface area contributed by atoms with Gasteiger partial charge in [0.2, 0.25) is 5.91 Å². The highest BCUT2D eigenvalue weighted by Crippen LogP contribution is 2.34. The van der Waals surface area contributed by atoms with Gasteiger partial charge in [0, 0.05) is 24.2 Å². The van der Waals surface area contributed by atoms with Crippen LogP contribution in [-0.4, -0.2) is 64.4 Å². The molecule has 0 aliphatic heterocycles. The number of primary amides is 1. The van der Waals surface area contributed by atoms with Crippen LogP contribution in [0.4, 0.5) is 11.5 Å². The molecule has 0 bridgehead atoms. The third kappa shape index (κ3) is 6.05. The summed E-state index contributed by atoms with van der Waals surface area (Å²) in [5.74, 6) is 1.38. The second kappa shape index (κ2) is 10.6. The average molecular weight is 428 g/mol. The van der Waals surface area contributed by atoms with Crippen LogP contribution < -0.4 is 20.5 Å². The zero-order valence-electron chi connectivity index (χ0n) is 18.2. The van der Waals surface area contributed by atoms with Crippen molar-refractivity contribution >= 4 is 28.3 Å². The van der Waals surface area contributed by atoms with Gasteiger partial charge in [-0.2, -0.15) is 5.10 Å². The molecule has 0 atom stereocenters. The highest BCUT2D eigenvalue weighted by molar-refractivity contribution is 5.93. The number of hydrogen-bond donors (Lipinski definition) is 2. The van der Waals surface area contributed by atoms with Gasteiger partial charge in [-0.05, 0) is 32.5 Å². The van der Waals surface area contributed by atoms with E-state index >= 15 is 0 Å². The summed E-state index contributed by atoms with van der Waals surface area (Å²) >= 11 is 0. The Morgan fingerprint density at radius 1 is 1.26 bits per heavy atom. The number of aromatic nitrogens is 4. The molecule has 3 N–H and O–H groups in total. The molecule has 3 rings (SSSR count). The van der Waals surface area contributed by atoms with Crippen LogP contribution in [0.15, 0.2) is 30.9 Å². The largest absolute Gasteiger partial charge is 0.493 e. The van der Waals surface area contributed by atoms with E-state index in [4.69, 9.17) is 15.2 Å². The molecule has 3 aromatic rings. The van der Waals surface area contributed by atoms with Crippen LogP contribution in [0.25, 0.3) is 10.9 Å². The summed E-state index contributed by atoms with van der Waals surface area (Å²) in [4.78, 5) is 22.1. The van der Waals surface area contributed by atoms with Gasteiger partial charge in [0.05, 0.1) is 31.1 Å². The van der Waals surface area contributed by atoms with E-state index in [1.165, 1.54) is 11.0 Å². The second-order valence-corrected chi connectivity index (χ2v) is 7.27. The molecular formula is C21H29N7O3. The highest BCUT2D eigenvalue weighted by Gasteiger charge is 2.13. The summed E-state index contributed by atoms with van der Waals surface area (Å²) in [7, 11) is 3.72. The Morgan fingerprint density at radius 3 is 2.84 bits per heavy atom. The Hall–Kier alpha value is -3.40. The van der Waals surface area contributed by atoms with Crippen molar-refractivity contribution < 1.29 is 14.3 Å². The van der Waals surface area contributed by atoms with E-state index in [2.05, 4.69) is 39.3 Å². The number of nitrogens with one attached hydrogen (secondary N) is 1. The number of carbonyl (C=O) groups excluding carboxylic acids is 1. The Morgan fingerprint density at radius 2 is 2.10 bits per heavy atom. The van der Waals surface area contributed by atoms with Crippen molar-refractivity contribution in [1.82, 2.24) is 24.6 Å². The number of hydrogen-bond acceptors (Lipinski definition) is 8. The van der Waals surface area contributed by atoms with E-state index in [-0.39, 0.29) is 6.54 Å². The Labute approximate surface area is 181 Å². The first-order chi connectivity index (χ1) is 15.0. The molecule has 0 aliphatic carbocycles. The topological polar surface area (TPSA) is 120 Å². The number of benzene rings is 1. The number of ether oxygens (including phenoxy) is 2. The van der Waals surface area contributed by atoms with Crippen LogP contribution in [-0.2, 0) is 11.3 Å². The molecule has 1 aromatic carbocycles. The van der Waals surface area contributed by atoms with Gasteiger partial charge in [-0.1, -0.05) is 6.92 Å². The number of fused-ring (bicyclic) bond motifs is 1. The molecule has 0 spiro atoms. The lowest BCUT2D eigenvalue weighted by molar-refractivity contribution is -0.118. The third-order valence-electron chi connectivity index (χ3n) is 4.68. The quantitative estimate of drug-likeness (QED) is 0.422. The smallest absolute Gasteiger partial charge is 0.239 e. The van der Waals surface area contributed by atoms with Gasteiger partial charge in [-0.15, -0.1) is 0 Å². The summed E-state index contributed by atoms with van der Waals surface area (Å²) in [6.07, 6.45) is 6.82. The Balaban J connectivity index is 1.75. The normalized spacial score (nSPS) is 11.1. The molecule has 31 heavy (non-hydrogen) atoms. The van der Waals surface area contributed by atoms with Gasteiger partial charge in [0.25, 0.3) is 0 Å². The van der Waals surface area contributed by atoms with Crippen LogP contribution in [0.3, 0.4) is 0 Å². The Bertz CT molecular complexity index is 1020. The first-order valence-corrected chi connectivity index (χ1v) is 10.2. The highest BCUT2D eigenvalue weighted by atomic mass is 16.5. The fourth-order valence-corrected chi connectivity index (χ4v) is 3.26. The van der Waals surface area contributed by atoms with Crippen LogP contribution >= 0.6 is 0 Å². The first kappa shape index (κ1) is 22.3. The van der Waals surface area contributed by atoms with Gasteiger partial charge in [0.1, 0.15) is 18.7 Å². The van der Waals surface area contributed by atoms with Crippen LogP contribution in [0.1, 0.15) is 19.8 Å². The summed E-state index contributed by atoms with van der Waals surface area (Å²) in [5, 5.41) is 8.08. The van der Waals surface area contributed by atoms with Crippen molar-refractivity contribution in [1.29, 1.82) is 0 Å². The SMILES string of the molecule is CCCN(C)CCCOc1cc2ncnc(Nc3cnn(CC(N)=O)c3)c2cc1OC. The fraction of sp³-hybridized carbons (Fsp3) is 0.429. The van der Waals surface area contributed by atoms with Crippen molar-refractivity contribution in [2.24, 2.45) is 5.73 Å². The summed E-state index contributed by atoms with van der Waals surface area (Å²) in [6, 6.07) is 3.71. The predicted molar refractivity (Wildman–Crippen MR) is 119 cm³/mol. The summed E-state index contributed by atoms with van der Waals surface area (Å²) in [5.41, 5.74) is 6.61. The fourth-order valence-electron chi connectivity index (χ4n) is 3.26. The minimum absolute atomic E-state index is 0.00889. The molecule has 0 unspecified atom stereocenters. The monoisotopic (exact) mass is 427 g/mol. The van der Waals surface area contributed by atoms with Gasteiger partial charge in [-0.25, -0.2) is 9.97 Å². The van der Waals surface area contributed by atoms with E-state index < -0.39 is 5.91 Å². The standard InChI is InChI=1S/C21H29N7O3/c1-4-6-27(2)7-5-8-31-19-10-17-16(9-18(19)30-3)21(24-14-23-17)26-15-11-25-28(12-15)13-20(22)29/h9-12,14H,4-8,13H2,1-3H3,(H2,22,29)(H,23,24,26). The molecule has 10 heteroatoms. The van der Waals surface area contributed by atoms with Crippen LogP contribution in [0.2, 0.25) is 0 Å². The first-order valence-electron chi connectivity index (χ1n) is 10.2. The van der Waals surface area contributed by atoms with Gasteiger partial charge in [-0.3, -0.25) is 9.48 Å². The molecule has 1 amide bonds. The van der Waals surface area contributed by atoms with Crippen LogP contribution in [0, 0.1) is 0 Å². The summed E-state index contributed by atoms with van der Waals surface area (Å²) in [6.45, 7) is 4.82. The molecule has 2 aromatic heterocycles. The maximum absolute atomic E-state index is 11.1. The molecule has 2 heterocycles. The number of methoxy groups -OCH3 is 1. The molecule has 0 radical (unpaired) electrons. The molecular weight excluding hydrogens is 398 g/mol. The van der Waals surface area contributed by atoms with Crippen molar-refractivity contribution in [3.63, 3.8) is 0 Å². The van der Waals surface area contributed by atoms with Crippen molar-refractivity contribution in [2.45, 2.75) is 26.3 Å². The maximum Gasteiger partial charge on any atom is 0.239 e. The number of nitrogens with two attached hydrogens (primary N) is 1. The molecule has 0 fully saturated rings. The molecule has 0 saturated carbocycles. The second-order valence-electron chi connectivity index (χ2n) is 7.27. The van der Waals surface area contributed by atoms with Gasteiger partial charge >= 0.3 is 0 Å². The molecule has 166 valence electrons. The Kier molecular flexibility index (Phi) is 7.60.